The summed E-state index contributed by atoms with van der Waals surface area (Å²) in [6, 6.07) is 12.1. The summed E-state index contributed by atoms with van der Waals surface area (Å²) in [6.45, 7) is 4.65. The second kappa shape index (κ2) is 6.94. The van der Waals surface area contributed by atoms with Gasteiger partial charge in [-0.05, 0) is 37.7 Å². The van der Waals surface area contributed by atoms with Crippen molar-refractivity contribution in [2.24, 2.45) is 5.92 Å². The van der Waals surface area contributed by atoms with Crippen LogP contribution in [0.2, 0.25) is 0 Å². The van der Waals surface area contributed by atoms with Gasteiger partial charge < -0.3 is 5.32 Å². The summed E-state index contributed by atoms with van der Waals surface area (Å²) in [5.41, 5.74) is 1.45. The highest BCUT2D eigenvalue weighted by molar-refractivity contribution is 5.19. The first-order valence-corrected chi connectivity index (χ1v) is 7.62. The van der Waals surface area contributed by atoms with E-state index >= 15 is 0 Å². The zero-order chi connectivity index (χ0) is 12.8. The molecule has 1 unspecified atom stereocenters. The summed E-state index contributed by atoms with van der Waals surface area (Å²) in [5, 5.41) is 3.88. The van der Waals surface area contributed by atoms with Gasteiger partial charge in [0.15, 0.2) is 0 Å². The van der Waals surface area contributed by atoms with Gasteiger partial charge in [0.2, 0.25) is 0 Å². The normalized spacial score (nSPS) is 19.9. The van der Waals surface area contributed by atoms with E-state index in [1.54, 1.807) is 0 Å². The molecule has 0 heterocycles. The summed E-state index contributed by atoms with van der Waals surface area (Å²) < 4.78 is 0. The molecule has 1 fully saturated rings. The predicted octanol–water partition coefficient (Wildman–Crippen LogP) is 4.70. The van der Waals surface area contributed by atoms with E-state index < -0.39 is 0 Å². The third kappa shape index (κ3) is 3.58. The summed E-state index contributed by atoms with van der Waals surface area (Å²) >= 11 is 0. The smallest absolute Gasteiger partial charge is 0.0322 e. The van der Waals surface area contributed by atoms with Crippen LogP contribution in [0.15, 0.2) is 30.3 Å². The van der Waals surface area contributed by atoms with E-state index in [4.69, 9.17) is 0 Å². The molecule has 100 valence electrons. The standard InChI is InChI=1S/C17H27N/c1-3-9-17(16-12-5-4-6-13-16)18-14(2)15-10-7-8-11-15/h4-6,12-15,17-18H,3,7-11H2,1-2H3/t14-,17?/m1/s1. The molecule has 18 heavy (non-hydrogen) atoms. The van der Waals surface area contributed by atoms with Crippen LogP contribution in [-0.4, -0.2) is 6.04 Å². The van der Waals surface area contributed by atoms with Crippen LogP contribution < -0.4 is 5.32 Å². The van der Waals surface area contributed by atoms with Crippen molar-refractivity contribution in [1.29, 1.82) is 0 Å². The van der Waals surface area contributed by atoms with E-state index in [9.17, 15) is 0 Å². The second-order valence-electron chi connectivity index (χ2n) is 5.75. The molecule has 1 nitrogen and oxygen atoms in total. The Labute approximate surface area is 112 Å². The first kappa shape index (κ1) is 13.6. The Morgan fingerprint density at radius 2 is 1.83 bits per heavy atom. The average molecular weight is 245 g/mol. The summed E-state index contributed by atoms with van der Waals surface area (Å²) in [6.07, 6.45) is 8.18. The molecule has 0 spiro atoms. The fourth-order valence-corrected chi connectivity index (χ4v) is 3.23. The van der Waals surface area contributed by atoms with Crippen molar-refractivity contribution in [2.75, 3.05) is 0 Å². The maximum atomic E-state index is 3.88. The Morgan fingerprint density at radius 3 is 2.44 bits per heavy atom. The van der Waals surface area contributed by atoms with Crippen molar-refractivity contribution in [3.63, 3.8) is 0 Å². The SMILES string of the molecule is CCCC(N[C@H](C)C1CCCC1)c1ccccc1. The topological polar surface area (TPSA) is 12.0 Å². The first-order chi connectivity index (χ1) is 8.81. The molecule has 0 amide bonds. The molecule has 1 saturated carbocycles. The molecule has 2 rings (SSSR count). The zero-order valence-electron chi connectivity index (χ0n) is 11.9. The van der Waals surface area contributed by atoms with Crippen LogP contribution in [0.25, 0.3) is 0 Å². The van der Waals surface area contributed by atoms with Crippen LogP contribution in [0.4, 0.5) is 0 Å². The highest BCUT2D eigenvalue weighted by Crippen LogP contribution is 2.29. The maximum Gasteiger partial charge on any atom is 0.0322 e. The van der Waals surface area contributed by atoms with Crippen LogP contribution >= 0.6 is 0 Å². The van der Waals surface area contributed by atoms with Crippen molar-refractivity contribution in [1.82, 2.24) is 5.32 Å². The van der Waals surface area contributed by atoms with Gasteiger partial charge in [-0.15, -0.1) is 0 Å². The minimum atomic E-state index is 0.534. The van der Waals surface area contributed by atoms with Crippen molar-refractivity contribution >= 4 is 0 Å². The predicted molar refractivity (Wildman–Crippen MR) is 78.6 cm³/mol. The lowest BCUT2D eigenvalue weighted by Gasteiger charge is -2.27. The van der Waals surface area contributed by atoms with Gasteiger partial charge in [0, 0.05) is 12.1 Å². The Bertz CT molecular complexity index is 327. The summed E-state index contributed by atoms with van der Waals surface area (Å²) in [7, 11) is 0. The zero-order valence-corrected chi connectivity index (χ0v) is 11.9. The molecular formula is C17H27N. The van der Waals surface area contributed by atoms with Crippen LogP contribution in [0.3, 0.4) is 0 Å². The van der Waals surface area contributed by atoms with E-state index in [2.05, 4.69) is 49.5 Å². The minimum absolute atomic E-state index is 0.534. The van der Waals surface area contributed by atoms with E-state index in [1.165, 1.54) is 44.1 Å². The lowest BCUT2D eigenvalue weighted by molar-refractivity contribution is 0.333. The van der Waals surface area contributed by atoms with Gasteiger partial charge in [-0.3, -0.25) is 0 Å². The second-order valence-corrected chi connectivity index (χ2v) is 5.75. The molecule has 1 heteroatoms. The fraction of sp³-hybridized carbons (Fsp3) is 0.647. The third-order valence-electron chi connectivity index (χ3n) is 4.35. The molecular weight excluding hydrogens is 218 g/mol. The number of benzene rings is 1. The van der Waals surface area contributed by atoms with Crippen LogP contribution in [0.1, 0.15) is 64.0 Å². The number of hydrogen-bond donors (Lipinski definition) is 1. The molecule has 0 aromatic heterocycles. The Hall–Kier alpha value is -0.820. The molecule has 1 aromatic rings. The van der Waals surface area contributed by atoms with Gasteiger partial charge in [-0.2, -0.15) is 0 Å². The van der Waals surface area contributed by atoms with Crippen LogP contribution in [-0.2, 0) is 0 Å². The average Bonchev–Trinajstić information content (AvgIpc) is 2.93. The largest absolute Gasteiger partial charge is 0.307 e. The van der Waals surface area contributed by atoms with E-state index in [-0.39, 0.29) is 0 Å². The van der Waals surface area contributed by atoms with Gasteiger partial charge >= 0.3 is 0 Å². The number of hydrogen-bond acceptors (Lipinski definition) is 1. The Balaban J connectivity index is 1.97. The van der Waals surface area contributed by atoms with E-state index in [0.29, 0.717) is 12.1 Å². The van der Waals surface area contributed by atoms with Gasteiger partial charge in [0.25, 0.3) is 0 Å². The number of rotatable bonds is 6. The fourth-order valence-electron chi connectivity index (χ4n) is 3.23. The molecule has 0 bridgehead atoms. The quantitative estimate of drug-likeness (QED) is 0.766. The van der Waals surface area contributed by atoms with Crippen molar-refractivity contribution in [2.45, 2.75) is 64.5 Å². The van der Waals surface area contributed by atoms with Crippen molar-refractivity contribution in [3.8, 4) is 0 Å². The molecule has 1 aliphatic rings. The molecule has 0 radical (unpaired) electrons. The monoisotopic (exact) mass is 245 g/mol. The van der Waals surface area contributed by atoms with Crippen molar-refractivity contribution in [3.05, 3.63) is 35.9 Å². The highest BCUT2D eigenvalue weighted by atomic mass is 15.0. The molecule has 1 aromatic carbocycles. The summed E-state index contributed by atoms with van der Waals surface area (Å²) in [5.74, 6) is 0.896. The molecule has 0 saturated heterocycles. The van der Waals surface area contributed by atoms with E-state index in [1.807, 2.05) is 0 Å². The lowest BCUT2D eigenvalue weighted by atomic mass is 9.96. The van der Waals surface area contributed by atoms with Gasteiger partial charge in [0.05, 0.1) is 0 Å². The number of nitrogens with one attached hydrogen (secondary N) is 1. The van der Waals surface area contributed by atoms with Gasteiger partial charge in [0.1, 0.15) is 0 Å². The van der Waals surface area contributed by atoms with Crippen LogP contribution in [0.5, 0.6) is 0 Å². The molecule has 2 atom stereocenters. The molecule has 0 aliphatic heterocycles. The van der Waals surface area contributed by atoms with Gasteiger partial charge in [-0.25, -0.2) is 0 Å². The van der Waals surface area contributed by atoms with E-state index in [0.717, 1.165) is 5.92 Å². The summed E-state index contributed by atoms with van der Waals surface area (Å²) in [4.78, 5) is 0. The lowest BCUT2D eigenvalue weighted by Crippen LogP contribution is -2.35. The van der Waals surface area contributed by atoms with Crippen LogP contribution in [0, 0.1) is 5.92 Å². The maximum absolute atomic E-state index is 3.88. The molecule has 1 aliphatic carbocycles. The highest BCUT2D eigenvalue weighted by Gasteiger charge is 2.23. The van der Waals surface area contributed by atoms with Gasteiger partial charge in [-0.1, -0.05) is 56.5 Å². The van der Waals surface area contributed by atoms with Crippen molar-refractivity contribution < 1.29 is 0 Å². The minimum Gasteiger partial charge on any atom is -0.307 e. The Morgan fingerprint density at radius 1 is 1.17 bits per heavy atom. The third-order valence-corrected chi connectivity index (χ3v) is 4.35. The first-order valence-electron chi connectivity index (χ1n) is 7.62. The Kier molecular flexibility index (Phi) is 5.25. The molecule has 1 N–H and O–H groups in total.